The Morgan fingerprint density at radius 3 is 1.77 bits per heavy atom. The SMILES string of the molecule is C1CCOC1.[C-]#[N+]c1ccc(C[C@@H](C(=O)NCC(=O)c2ccc(Cl)c(Cl)c2)[C@@H](C)O)c(C)c1Cl.[C-]#[N+]c1ccc(C[C@@H](c2nnc(-c3ccc(Cl)c(Cl)c3)o2)[C@@H](C)O)c(C)c1Cl. The highest BCUT2D eigenvalue weighted by atomic mass is 35.5. The number of ketones is 1. The number of ether oxygens (including phenoxy) is 1. The molecule has 0 saturated carbocycles. The highest BCUT2D eigenvalue weighted by Gasteiger charge is 2.27. The number of hydrogen-bond donors (Lipinski definition) is 3. The van der Waals surface area contributed by atoms with E-state index in [2.05, 4.69) is 25.2 Å². The molecule has 1 saturated heterocycles. The number of nitrogens with zero attached hydrogens (tertiary/aromatic N) is 4. The fourth-order valence-electron chi connectivity index (χ4n) is 6.17. The first kappa shape index (κ1) is 50.4. The van der Waals surface area contributed by atoms with Gasteiger partial charge in [-0.1, -0.05) is 93.9 Å². The molecule has 5 aromatic rings. The van der Waals surface area contributed by atoms with Crippen LogP contribution in [-0.4, -0.2) is 64.1 Å². The van der Waals surface area contributed by atoms with Gasteiger partial charge in [-0.05, 0) is 112 Å². The van der Waals surface area contributed by atoms with Gasteiger partial charge in [0.05, 0.1) is 73.9 Å². The Labute approximate surface area is 390 Å². The normalized spacial score (nSPS) is 13.8. The van der Waals surface area contributed by atoms with Crippen LogP contribution in [0.2, 0.25) is 30.1 Å². The maximum atomic E-state index is 12.6. The van der Waals surface area contributed by atoms with E-state index in [9.17, 15) is 19.8 Å². The number of Topliss-reactive ketones (excluding diaryl/α,β-unsaturated/α-hetero) is 1. The van der Waals surface area contributed by atoms with Crippen molar-refractivity contribution < 1.29 is 29.0 Å². The van der Waals surface area contributed by atoms with Gasteiger partial charge in [0.25, 0.3) is 0 Å². The quantitative estimate of drug-likeness (QED) is 0.0828. The Morgan fingerprint density at radius 2 is 1.29 bits per heavy atom. The van der Waals surface area contributed by atoms with Crippen LogP contribution in [0.4, 0.5) is 11.4 Å². The molecule has 0 bridgehead atoms. The third-order valence-electron chi connectivity index (χ3n) is 9.99. The number of aromatic nitrogens is 2. The molecule has 1 aliphatic heterocycles. The number of halogens is 6. The molecule has 4 aromatic carbocycles. The van der Waals surface area contributed by atoms with Crippen LogP contribution in [-0.2, 0) is 22.4 Å². The number of hydrogen-bond acceptors (Lipinski definition) is 8. The van der Waals surface area contributed by atoms with Crippen molar-refractivity contribution >= 4 is 92.7 Å². The minimum absolute atomic E-state index is 0.217. The van der Waals surface area contributed by atoms with Gasteiger partial charge in [0.2, 0.25) is 29.1 Å². The molecule has 17 heteroatoms. The zero-order valence-corrected chi connectivity index (χ0v) is 38.7. The third-order valence-corrected chi connectivity index (χ3v) is 12.4. The Bertz CT molecular complexity index is 2450. The molecule has 0 aliphatic carbocycles. The van der Waals surface area contributed by atoms with Gasteiger partial charge in [0, 0.05) is 24.3 Å². The molecule has 1 fully saturated rings. The second-order valence-corrected chi connectivity index (χ2v) is 16.7. The molecule has 0 spiro atoms. The van der Waals surface area contributed by atoms with Gasteiger partial charge in [-0.2, -0.15) is 0 Å². The van der Waals surface area contributed by atoms with E-state index in [-0.39, 0.29) is 29.7 Å². The number of aliphatic hydroxyl groups excluding tert-OH is 2. The lowest BCUT2D eigenvalue weighted by Gasteiger charge is -2.21. The highest BCUT2D eigenvalue weighted by Crippen LogP contribution is 2.36. The van der Waals surface area contributed by atoms with Crippen molar-refractivity contribution in [2.75, 3.05) is 19.8 Å². The largest absolute Gasteiger partial charge is 0.420 e. The molecule has 1 aliphatic rings. The molecule has 0 unspecified atom stereocenters. The number of carbonyl (C=O) groups excluding carboxylic acids is 2. The van der Waals surface area contributed by atoms with E-state index >= 15 is 0 Å². The summed E-state index contributed by atoms with van der Waals surface area (Å²) in [7, 11) is 0. The van der Waals surface area contributed by atoms with E-state index in [1.807, 2.05) is 13.0 Å². The molecule has 2 heterocycles. The summed E-state index contributed by atoms with van der Waals surface area (Å²) in [5, 5.41) is 33.3. The lowest BCUT2D eigenvalue weighted by molar-refractivity contribution is -0.127. The molecule has 1 aromatic heterocycles. The van der Waals surface area contributed by atoms with Crippen LogP contribution in [0.5, 0.6) is 0 Å². The third kappa shape index (κ3) is 13.6. The Balaban J connectivity index is 0.000000244. The van der Waals surface area contributed by atoms with Crippen molar-refractivity contribution in [3.63, 3.8) is 0 Å². The Kier molecular flexibility index (Phi) is 19.5. The Morgan fingerprint density at radius 1 is 0.742 bits per heavy atom. The molecule has 6 rings (SSSR count). The minimum Gasteiger partial charge on any atom is -0.420 e. The van der Waals surface area contributed by atoms with Crippen molar-refractivity contribution in [1.82, 2.24) is 15.5 Å². The van der Waals surface area contributed by atoms with E-state index in [0.29, 0.717) is 65.5 Å². The Hall–Kier alpha value is -4.24. The molecular formula is C45H43Cl6N5O6. The van der Waals surface area contributed by atoms with Gasteiger partial charge < -0.3 is 24.7 Å². The number of amides is 1. The number of nitrogens with one attached hydrogen (secondary N) is 1. The summed E-state index contributed by atoms with van der Waals surface area (Å²) >= 11 is 36.2. The standard InChI is InChI=1S/C21H19Cl3N2O3.C20H16Cl3N3O2.C4H8O/c1-11-13(5-7-18(25-3)20(11)24)8-15(12(2)27)21(29)26-10-19(28)14-4-6-16(22)17(23)9-14;1-10-12(5-7-17(24-3)18(10)23)8-14(11(2)27)20-26-25-19(28-20)13-4-6-15(21)16(22)9-13;1-2-4-5-3-1/h4-7,9,12,15,27H,8,10H2,1-2H3,(H,26,29);4-7,9,11,14,27H,8H2,1-2H3;1-4H2/t12-,15-;11-,14-;/m11./s1. The maximum absolute atomic E-state index is 12.6. The predicted octanol–water partition coefficient (Wildman–Crippen LogP) is 12.1. The van der Waals surface area contributed by atoms with Crippen LogP contribution in [0, 0.1) is 32.9 Å². The minimum atomic E-state index is -0.950. The molecule has 1 amide bonds. The van der Waals surface area contributed by atoms with E-state index in [0.717, 1.165) is 29.9 Å². The van der Waals surface area contributed by atoms with Crippen LogP contribution in [0.3, 0.4) is 0 Å². The molecule has 326 valence electrons. The summed E-state index contributed by atoms with van der Waals surface area (Å²) < 4.78 is 10.8. The first-order valence-corrected chi connectivity index (χ1v) is 21.5. The molecule has 3 N–H and O–H groups in total. The zero-order valence-electron chi connectivity index (χ0n) is 34.1. The monoisotopic (exact) mass is 959 g/mol. The second kappa shape index (κ2) is 24.0. The first-order chi connectivity index (χ1) is 29.5. The topological polar surface area (TPSA) is 144 Å². The smallest absolute Gasteiger partial charge is 0.247 e. The van der Waals surface area contributed by atoms with Gasteiger partial charge in [-0.15, -0.1) is 10.2 Å². The molecule has 11 nitrogen and oxygen atoms in total. The highest BCUT2D eigenvalue weighted by molar-refractivity contribution is 6.42. The fraction of sp³-hybridized carbons (Fsp3) is 0.333. The maximum Gasteiger partial charge on any atom is 0.247 e. The summed E-state index contributed by atoms with van der Waals surface area (Å²) in [5.41, 5.74) is 4.82. The van der Waals surface area contributed by atoms with Crippen molar-refractivity contribution in [2.45, 2.75) is 71.5 Å². The van der Waals surface area contributed by atoms with Gasteiger partial charge in [-0.25, -0.2) is 9.69 Å². The lowest BCUT2D eigenvalue weighted by Crippen LogP contribution is -2.40. The van der Waals surface area contributed by atoms with Gasteiger partial charge >= 0.3 is 0 Å². The number of carbonyl (C=O) groups is 2. The van der Waals surface area contributed by atoms with Gasteiger partial charge in [-0.3, -0.25) is 9.59 Å². The average Bonchev–Trinajstić information content (AvgIpc) is 4.00. The van der Waals surface area contributed by atoms with E-state index in [1.165, 1.54) is 38.0 Å². The fourth-order valence-corrected chi connectivity index (χ4v) is 7.22. The zero-order chi connectivity index (χ0) is 45.7. The summed E-state index contributed by atoms with van der Waals surface area (Å²) in [6.07, 6.45) is 1.52. The number of benzene rings is 4. The van der Waals surface area contributed by atoms with Crippen molar-refractivity contribution in [3.8, 4) is 11.5 Å². The van der Waals surface area contributed by atoms with E-state index in [4.69, 9.17) is 91.9 Å². The van der Waals surface area contributed by atoms with Crippen molar-refractivity contribution in [2.24, 2.45) is 5.92 Å². The van der Waals surface area contributed by atoms with Crippen molar-refractivity contribution in [3.05, 3.63) is 147 Å². The predicted molar refractivity (Wildman–Crippen MR) is 246 cm³/mol. The van der Waals surface area contributed by atoms with E-state index < -0.39 is 30.0 Å². The van der Waals surface area contributed by atoms with Crippen LogP contribution in [0.1, 0.15) is 71.1 Å². The summed E-state index contributed by atoms with van der Waals surface area (Å²) in [6, 6.07) is 16.3. The molecule has 0 radical (unpaired) electrons. The first-order valence-electron chi connectivity index (χ1n) is 19.3. The summed E-state index contributed by atoms with van der Waals surface area (Å²) in [4.78, 5) is 31.7. The van der Waals surface area contributed by atoms with Crippen molar-refractivity contribution in [1.29, 1.82) is 0 Å². The van der Waals surface area contributed by atoms with Crippen LogP contribution in [0.15, 0.2) is 65.1 Å². The summed E-state index contributed by atoms with van der Waals surface area (Å²) in [6.45, 7) is 22.8. The average molecular weight is 963 g/mol. The number of aliphatic hydroxyl groups is 2. The lowest BCUT2D eigenvalue weighted by atomic mass is 9.91. The molecule has 62 heavy (non-hydrogen) atoms. The van der Waals surface area contributed by atoms with Gasteiger partial charge in [0.15, 0.2) is 5.78 Å². The number of rotatable bonds is 12. The van der Waals surface area contributed by atoms with Crippen LogP contribution < -0.4 is 5.32 Å². The second-order valence-electron chi connectivity index (χ2n) is 14.4. The summed E-state index contributed by atoms with van der Waals surface area (Å²) in [5.74, 6) is -1.42. The van der Waals surface area contributed by atoms with Crippen LogP contribution in [0.25, 0.3) is 21.1 Å². The van der Waals surface area contributed by atoms with Crippen LogP contribution >= 0.6 is 69.6 Å². The molecule has 4 atom stereocenters. The van der Waals surface area contributed by atoms with Gasteiger partial charge in [0.1, 0.15) is 0 Å². The molecular weight excluding hydrogens is 919 g/mol. The van der Waals surface area contributed by atoms with E-state index in [1.54, 1.807) is 50.2 Å².